The first-order valence-electron chi connectivity index (χ1n) is 5.81. The minimum absolute atomic E-state index is 2.72. The Morgan fingerprint density at radius 3 is 0.750 bits per heavy atom. The quantitative estimate of drug-likeness (QED) is 0.323. The molecule has 168 valence electrons. The number of hydrogen-bond donors (Lipinski definition) is 0. The highest BCUT2D eigenvalue weighted by Crippen LogP contribution is 2.61. The van der Waals surface area contributed by atoms with E-state index in [-0.39, 0.29) is 0 Å². The van der Waals surface area contributed by atoms with E-state index >= 15 is 0 Å². The zero-order valence-corrected chi connectivity index (χ0v) is 12.0. The summed E-state index contributed by atoms with van der Waals surface area (Å²) in [6.07, 6.45) is -43.7. The molecule has 0 aromatic heterocycles. The smallest absolute Gasteiger partial charge is 0.216 e. The molecule has 0 saturated heterocycles. The van der Waals surface area contributed by atoms with E-state index in [1.807, 2.05) is 0 Å². The molecule has 0 unspecified atom stereocenters. The second-order valence-electron chi connectivity index (χ2n) is 4.91. The first kappa shape index (κ1) is 26.5. The zero-order valence-electron chi connectivity index (χ0n) is 12.0. The van der Waals surface area contributed by atoms with Crippen molar-refractivity contribution >= 4 is 0 Å². The maximum atomic E-state index is 13.2. The van der Waals surface area contributed by atoms with Crippen LogP contribution in [-0.4, -0.2) is 42.5 Å². The second kappa shape index (κ2) is 6.50. The average molecular weight is 464 g/mol. The van der Waals surface area contributed by atoms with Gasteiger partial charge >= 0.3 is 42.5 Å². The molecule has 28 heavy (non-hydrogen) atoms. The number of rotatable bonds is 3. The van der Waals surface area contributed by atoms with Gasteiger partial charge in [-0.1, -0.05) is 0 Å². The molecule has 0 aliphatic carbocycles. The number of hydrogen-bond acceptors (Lipinski definition) is 0. The molecule has 0 aromatic rings. The number of allylic oxidation sites excluding steroid dienone is 2. The predicted octanol–water partition coefficient (Wildman–Crippen LogP) is 6.68. The molecule has 0 rings (SSSR count). The first-order chi connectivity index (χ1) is 11.7. The third-order valence-corrected chi connectivity index (χ3v) is 3.12. The summed E-state index contributed by atoms with van der Waals surface area (Å²) in [7, 11) is 0. The molecule has 0 aliphatic heterocycles. The maximum absolute atomic E-state index is 13.2. The van der Waals surface area contributed by atoms with Crippen LogP contribution in [0.25, 0.3) is 0 Å². The summed E-state index contributed by atoms with van der Waals surface area (Å²) >= 11 is 0. The summed E-state index contributed by atoms with van der Waals surface area (Å²) in [5, 5.41) is 0. The molecule has 0 heterocycles. The van der Waals surface area contributed by atoms with Crippen LogP contribution in [0.5, 0.6) is 0 Å². The molecular formula is C10H2F18. The fourth-order valence-electron chi connectivity index (χ4n) is 1.65. The fourth-order valence-corrected chi connectivity index (χ4v) is 1.65. The van der Waals surface area contributed by atoms with Crippen molar-refractivity contribution in [1.82, 2.24) is 0 Å². The molecule has 0 aromatic carbocycles. The standard InChI is InChI=1S/C10H2F18/c11-4(12,5(13,9(23,24)25)10(26,27)28)2-1-3(6(14,15)16,7(17,18)19)8(20,21)22/h1-2H. The van der Waals surface area contributed by atoms with E-state index in [2.05, 4.69) is 0 Å². The van der Waals surface area contributed by atoms with Crippen LogP contribution in [0.3, 0.4) is 0 Å². The molecule has 0 spiro atoms. The van der Waals surface area contributed by atoms with Crippen molar-refractivity contribution in [3.8, 4) is 0 Å². The molecule has 0 amide bonds. The zero-order chi connectivity index (χ0) is 23.4. The Balaban J connectivity index is 6.97. The van der Waals surface area contributed by atoms with Gasteiger partial charge in [-0.05, 0) is 12.2 Å². The van der Waals surface area contributed by atoms with Crippen LogP contribution in [0.4, 0.5) is 79.0 Å². The van der Waals surface area contributed by atoms with Crippen LogP contribution in [0, 0.1) is 5.41 Å². The lowest BCUT2D eigenvalue weighted by Crippen LogP contribution is -2.64. The van der Waals surface area contributed by atoms with Crippen LogP contribution < -0.4 is 0 Å². The van der Waals surface area contributed by atoms with Gasteiger partial charge in [0, 0.05) is 0 Å². The van der Waals surface area contributed by atoms with Gasteiger partial charge in [0.05, 0.1) is 0 Å². The SMILES string of the molecule is FC(F)(F)C(F)(C(F)(F)F)C(F)(F)C=CC(C(F)(F)F)(C(F)(F)F)C(F)(F)F. The topological polar surface area (TPSA) is 0 Å². The van der Waals surface area contributed by atoms with E-state index in [4.69, 9.17) is 0 Å². The summed E-state index contributed by atoms with van der Waals surface area (Å²) in [5.74, 6) is -7.36. The number of halogens is 18. The van der Waals surface area contributed by atoms with E-state index in [9.17, 15) is 79.0 Å². The molecule has 0 aliphatic rings. The van der Waals surface area contributed by atoms with Gasteiger partial charge in [0.15, 0.2) is 0 Å². The van der Waals surface area contributed by atoms with Crippen molar-refractivity contribution in [2.45, 2.75) is 42.5 Å². The van der Waals surface area contributed by atoms with E-state index in [1.165, 1.54) is 0 Å². The second-order valence-corrected chi connectivity index (χ2v) is 4.91. The Bertz CT molecular complexity index is 524. The third-order valence-electron chi connectivity index (χ3n) is 3.12. The fraction of sp³-hybridized carbons (Fsp3) is 0.800. The molecule has 0 saturated carbocycles. The van der Waals surface area contributed by atoms with Crippen LogP contribution in [0.1, 0.15) is 0 Å². The molecular weight excluding hydrogens is 462 g/mol. The summed E-state index contributed by atoms with van der Waals surface area (Å²) in [4.78, 5) is 0. The average Bonchev–Trinajstić information content (AvgIpc) is 2.29. The van der Waals surface area contributed by atoms with Crippen molar-refractivity contribution in [3.63, 3.8) is 0 Å². The summed E-state index contributed by atoms with van der Waals surface area (Å²) in [6, 6.07) is 0. The van der Waals surface area contributed by atoms with Crippen LogP contribution in [0.15, 0.2) is 12.2 Å². The third kappa shape index (κ3) is 3.81. The van der Waals surface area contributed by atoms with Crippen LogP contribution in [-0.2, 0) is 0 Å². The minimum atomic E-state index is -7.81. The van der Waals surface area contributed by atoms with Crippen molar-refractivity contribution in [2.75, 3.05) is 0 Å². The highest BCUT2D eigenvalue weighted by molar-refractivity contribution is 5.21. The van der Waals surface area contributed by atoms with Gasteiger partial charge in [-0.2, -0.15) is 74.6 Å². The van der Waals surface area contributed by atoms with Crippen LogP contribution >= 0.6 is 0 Å². The largest absolute Gasteiger partial charge is 0.438 e. The predicted molar refractivity (Wildman–Crippen MR) is 50.6 cm³/mol. The molecule has 0 fully saturated rings. The molecule has 0 N–H and O–H groups in total. The molecule has 0 atom stereocenters. The summed E-state index contributed by atoms with van der Waals surface area (Å²) in [5.41, 5.74) is -15.1. The minimum Gasteiger partial charge on any atom is -0.216 e. The van der Waals surface area contributed by atoms with Gasteiger partial charge in [0.1, 0.15) is 0 Å². The Morgan fingerprint density at radius 2 is 0.571 bits per heavy atom. The van der Waals surface area contributed by atoms with Gasteiger partial charge in [0.2, 0.25) is 0 Å². The molecule has 0 radical (unpaired) electrons. The molecule has 0 bridgehead atoms. The lowest BCUT2D eigenvalue weighted by Gasteiger charge is -2.38. The summed E-state index contributed by atoms with van der Waals surface area (Å²) in [6.45, 7) is 0. The first-order valence-corrected chi connectivity index (χ1v) is 5.81. The normalized spacial score (nSPS) is 16.8. The molecule has 18 heteroatoms. The Kier molecular flexibility index (Phi) is 6.14. The van der Waals surface area contributed by atoms with Crippen LogP contribution in [0.2, 0.25) is 0 Å². The lowest BCUT2D eigenvalue weighted by molar-refractivity contribution is -0.407. The summed E-state index contributed by atoms with van der Waals surface area (Å²) < 4.78 is 224. The van der Waals surface area contributed by atoms with E-state index in [1.54, 1.807) is 0 Å². The van der Waals surface area contributed by atoms with Crippen molar-refractivity contribution in [3.05, 3.63) is 12.2 Å². The Labute approximate surface area is 140 Å². The van der Waals surface area contributed by atoms with Crippen molar-refractivity contribution in [2.24, 2.45) is 5.41 Å². The lowest BCUT2D eigenvalue weighted by atomic mass is 9.83. The van der Waals surface area contributed by atoms with E-state index in [0.29, 0.717) is 0 Å². The Hall–Kier alpha value is -1.52. The van der Waals surface area contributed by atoms with Crippen molar-refractivity contribution < 1.29 is 79.0 Å². The maximum Gasteiger partial charge on any atom is 0.438 e. The van der Waals surface area contributed by atoms with Gasteiger partial charge in [-0.15, -0.1) is 0 Å². The number of alkyl halides is 18. The van der Waals surface area contributed by atoms with Gasteiger partial charge in [-0.3, -0.25) is 0 Å². The monoisotopic (exact) mass is 464 g/mol. The van der Waals surface area contributed by atoms with Gasteiger partial charge in [0.25, 0.3) is 5.41 Å². The van der Waals surface area contributed by atoms with Crippen molar-refractivity contribution in [1.29, 1.82) is 0 Å². The van der Waals surface area contributed by atoms with E-state index in [0.717, 1.165) is 0 Å². The Morgan fingerprint density at radius 1 is 0.321 bits per heavy atom. The molecule has 0 nitrogen and oxygen atoms in total. The highest BCUT2D eigenvalue weighted by Gasteiger charge is 2.85. The van der Waals surface area contributed by atoms with Gasteiger partial charge < -0.3 is 0 Å². The van der Waals surface area contributed by atoms with Gasteiger partial charge in [-0.25, -0.2) is 4.39 Å². The highest BCUT2D eigenvalue weighted by atomic mass is 19.4. The van der Waals surface area contributed by atoms with E-state index < -0.39 is 60.0 Å².